The zero-order valence-corrected chi connectivity index (χ0v) is 10.5. The Balaban J connectivity index is 2.07. The quantitative estimate of drug-likeness (QED) is 0.622. The summed E-state index contributed by atoms with van der Waals surface area (Å²) in [5.41, 5.74) is 8.05. The van der Waals surface area contributed by atoms with Gasteiger partial charge in [-0.05, 0) is 50.3 Å². The van der Waals surface area contributed by atoms with Gasteiger partial charge in [0.15, 0.2) is 5.78 Å². The van der Waals surface area contributed by atoms with Crippen molar-refractivity contribution < 1.29 is 4.79 Å². The molecule has 2 atom stereocenters. The van der Waals surface area contributed by atoms with Gasteiger partial charge in [-0.3, -0.25) is 4.79 Å². The molecule has 1 aliphatic rings. The first kappa shape index (κ1) is 12.0. The summed E-state index contributed by atoms with van der Waals surface area (Å²) in [4.78, 5) is 11.3. The predicted molar refractivity (Wildman–Crippen MR) is 71.3 cm³/mol. The number of nitrogens with two attached hydrogens (primary N) is 1. The molecule has 0 saturated heterocycles. The Labute approximate surface area is 102 Å². The third-order valence-electron chi connectivity index (χ3n) is 3.50. The first-order valence-electron chi connectivity index (χ1n) is 6.23. The normalized spacial score (nSPS) is 23.6. The number of hydrogen-bond acceptors (Lipinski definition) is 3. The van der Waals surface area contributed by atoms with Crippen molar-refractivity contribution in [1.82, 2.24) is 0 Å². The van der Waals surface area contributed by atoms with E-state index in [0.717, 1.165) is 11.6 Å². The molecule has 3 heteroatoms. The Morgan fingerprint density at radius 3 is 2.71 bits per heavy atom. The van der Waals surface area contributed by atoms with E-state index in [1.807, 2.05) is 12.1 Å². The monoisotopic (exact) mass is 232 g/mol. The molecule has 3 nitrogen and oxygen atoms in total. The topological polar surface area (TPSA) is 55.1 Å². The van der Waals surface area contributed by atoms with Crippen LogP contribution in [0.3, 0.4) is 0 Å². The Kier molecular flexibility index (Phi) is 3.36. The van der Waals surface area contributed by atoms with Gasteiger partial charge in [0, 0.05) is 23.0 Å². The summed E-state index contributed by atoms with van der Waals surface area (Å²) < 4.78 is 0. The van der Waals surface area contributed by atoms with Gasteiger partial charge in [0.05, 0.1) is 0 Å². The van der Waals surface area contributed by atoms with Crippen LogP contribution in [0.25, 0.3) is 0 Å². The van der Waals surface area contributed by atoms with E-state index in [0.29, 0.717) is 17.3 Å². The fourth-order valence-corrected chi connectivity index (χ4v) is 2.55. The summed E-state index contributed by atoms with van der Waals surface area (Å²) in [6.45, 7) is 3.83. The number of nitrogen functional groups attached to an aromatic ring is 1. The molecule has 0 heterocycles. The Bertz CT molecular complexity index is 428. The number of anilines is 2. The summed E-state index contributed by atoms with van der Waals surface area (Å²) >= 11 is 0. The molecule has 2 unspecified atom stereocenters. The number of hydrogen-bond donors (Lipinski definition) is 2. The van der Waals surface area contributed by atoms with Crippen LogP contribution in [0.5, 0.6) is 0 Å². The summed E-state index contributed by atoms with van der Waals surface area (Å²) in [6, 6.07) is 6.15. The third kappa shape index (κ3) is 2.78. The maximum absolute atomic E-state index is 11.3. The lowest BCUT2D eigenvalue weighted by Gasteiger charge is -2.15. The second-order valence-corrected chi connectivity index (χ2v) is 5.12. The second-order valence-electron chi connectivity index (χ2n) is 5.12. The molecular formula is C14H20N2O. The Hall–Kier alpha value is -1.51. The number of Topliss-reactive ketones (excluding diaryl/α,β-unsaturated/α-hetero) is 1. The number of ketones is 1. The highest BCUT2D eigenvalue weighted by Gasteiger charge is 2.21. The van der Waals surface area contributed by atoms with Gasteiger partial charge >= 0.3 is 0 Å². The van der Waals surface area contributed by atoms with Gasteiger partial charge in [0.2, 0.25) is 0 Å². The molecule has 3 N–H and O–H groups in total. The van der Waals surface area contributed by atoms with Gasteiger partial charge < -0.3 is 11.1 Å². The lowest BCUT2D eigenvalue weighted by Crippen LogP contribution is -2.15. The minimum absolute atomic E-state index is 0.0172. The second kappa shape index (κ2) is 4.78. The molecule has 0 bridgehead atoms. The average Bonchev–Trinajstić information content (AvgIpc) is 2.63. The summed E-state index contributed by atoms with van der Waals surface area (Å²) in [5.74, 6) is 0.824. The van der Waals surface area contributed by atoms with Crippen LogP contribution >= 0.6 is 0 Å². The minimum Gasteiger partial charge on any atom is -0.398 e. The SMILES string of the molecule is CC(=O)c1ccc(NC2CCC(C)C2)cc1N. The standard InChI is InChI=1S/C14H20N2O/c1-9-3-4-11(7-9)16-12-5-6-13(10(2)17)14(15)8-12/h5-6,8-9,11,16H,3-4,7,15H2,1-2H3. The molecule has 0 aliphatic heterocycles. The van der Waals surface area contributed by atoms with Crippen molar-refractivity contribution >= 4 is 17.2 Å². The van der Waals surface area contributed by atoms with Crippen LogP contribution in [0.2, 0.25) is 0 Å². The van der Waals surface area contributed by atoms with E-state index >= 15 is 0 Å². The lowest BCUT2D eigenvalue weighted by molar-refractivity contribution is 0.101. The lowest BCUT2D eigenvalue weighted by atomic mass is 10.1. The maximum Gasteiger partial charge on any atom is 0.161 e. The largest absolute Gasteiger partial charge is 0.398 e. The van der Waals surface area contributed by atoms with Gasteiger partial charge in [0.1, 0.15) is 0 Å². The van der Waals surface area contributed by atoms with Crippen molar-refractivity contribution in [1.29, 1.82) is 0 Å². The van der Waals surface area contributed by atoms with Gasteiger partial charge in [-0.1, -0.05) is 6.92 Å². The molecule has 0 aromatic heterocycles. The van der Waals surface area contributed by atoms with Crippen molar-refractivity contribution in [2.45, 2.75) is 39.2 Å². The van der Waals surface area contributed by atoms with Gasteiger partial charge in [-0.15, -0.1) is 0 Å². The maximum atomic E-state index is 11.3. The van der Waals surface area contributed by atoms with Crippen molar-refractivity contribution in [2.24, 2.45) is 5.92 Å². The van der Waals surface area contributed by atoms with E-state index in [9.17, 15) is 4.79 Å². The van der Waals surface area contributed by atoms with Crippen LogP contribution in [0.15, 0.2) is 18.2 Å². The predicted octanol–water partition coefficient (Wildman–Crippen LogP) is 3.07. The summed E-state index contributed by atoms with van der Waals surface area (Å²) in [5, 5.41) is 3.49. The zero-order valence-electron chi connectivity index (χ0n) is 10.5. The highest BCUT2D eigenvalue weighted by Crippen LogP contribution is 2.28. The average molecular weight is 232 g/mol. The van der Waals surface area contributed by atoms with E-state index in [1.165, 1.54) is 26.2 Å². The number of carbonyl (C=O) groups excluding carboxylic acids is 1. The molecule has 1 saturated carbocycles. The molecule has 1 aromatic rings. The van der Waals surface area contributed by atoms with E-state index in [1.54, 1.807) is 6.07 Å². The summed E-state index contributed by atoms with van der Waals surface area (Å²) in [6.07, 6.45) is 3.72. The minimum atomic E-state index is 0.0172. The van der Waals surface area contributed by atoms with Crippen LogP contribution in [0.1, 0.15) is 43.5 Å². The molecule has 0 radical (unpaired) electrons. The summed E-state index contributed by atoms with van der Waals surface area (Å²) in [7, 11) is 0. The molecular weight excluding hydrogens is 212 g/mol. The van der Waals surface area contributed by atoms with Gasteiger partial charge in [-0.25, -0.2) is 0 Å². The highest BCUT2D eigenvalue weighted by atomic mass is 16.1. The van der Waals surface area contributed by atoms with Crippen molar-refractivity contribution in [3.05, 3.63) is 23.8 Å². The molecule has 2 rings (SSSR count). The molecule has 0 spiro atoms. The van der Waals surface area contributed by atoms with Gasteiger partial charge in [-0.2, -0.15) is 0 Å². The number of rotatable bonds is 3. The molecule has 92 valence electrons. The highest BCUT2D eigenvalue weighted by molar-refractivity contribution is 5.99. The van der Waals surface area contributed by atoms with Crippen molar-refractivity contribution in [3.8, 4) is 0 Å². The van der Waals surface area contributed by atoms with Crippen LogP contribution in [-0.4, -0.2) is 11.8 Å². The first-order chi connectivity index (χ1) is 8.06. The van der Waals surface area contributed by atoms with E-state index in [2.05, 4.69) is 12.2 Å². The number of nitrogens with one attached hydrogen (secondary N) is 1. The Morgan fingerprint density at radius 1 is 1.41 bits per heavy atom. The van der Waals surface area contributed by atoms with Crippen LogP contribution in [-0.2, 0) is 0 Å². The molecule has 0 amide bonds. The van der Waals surface area contributed by atoms with Crippen LogP contribution in [0, 0.1) is 5.92 Å². The molecule has 17 heavy (non-hydrogen) atoms. The van der Waals surface area contributed by atoms with E-state index < -0.39 is 0 Å². The molecule has 1 aliphatic carbocycles. The molecule has 1 aromatic carbocycles. The fourth-order valence-electron chi connectivity index (χ4n) is 2.55. The van der Waals surface area contributed by atoms with Crippen LogP contribution < -0.4 is 11.1 Å². The molecule has 1 fully saturated rings. The third-order valence-corrected chi connectivity index (χ3v) is 3.50. The van der Waals surface area contributed by atoms with E-state index in [4.69, 9.17) is 5.73 Å². The van der Waals surface area contributed by atoms with E-state index in [-0.39, 0.29) is 5.78 Å². The Morgan fingerprint density at radius 2 is 2.18 bits per heavy atom. The fraction of sp³-hybridized carbons (Fsp3) is 0.500. The number of benzene rings is 1. The smallest absolute Gasteiger partial charge is 0.161 e. The number of carbonyl (C=O) groups is 1. The van der Waals surface area contributed by atoms with Crippen LogP contribution in [0.4, 0.5) is 11.4 Å². The van der Waals surface area contributed by atoms with Crippen molar-refractivity contribution in [2.75, 3.05) is 11.1 Å². The first-order valence-corrected chi connectivity index (χ1v) is 6.23. The van der Waals surface area contributed by atoms with Crippen molar-refractivity contribution in [3.63, 3.8) is 0 Å². The zero-order chi connectivity index (χ0) is 12.4. The van der Waals surface area contributed by atoms with Gasteiger partial charge in [0.25, 0.3) is 0 Å².